The molecule has 3 amide bonds. The number of nitrogens with one attached hydrogen (secondary N) is 3. The van der Waals surface area contributed by atoms with Crippen LogP contribution in [-0.2, 0) is 16.1 Å². The number of benzene rings is 3. The minimum atomic E-state index is -0.593. The monoisotopic (exact) mass is 505 g/mol. The molecule has 0 saturated carbocycles. The zero-order valence-electron chi connectivity index (χ0n) is 20.0. The van der Waals surface area contributed by atoms with Crippen molar-refractivity contribution in [2.75, 3.05) is 17.2 Å². The summed E-state index contributed by atoms with van der Waals surface area (Å²) in [6.07, 6.45) is -0.799. The van der Waals surface area contributed by atoms with Gasteiger partial charge < -0.3 is 30.5 Å². The Hall–Kier alpha value is -3.95. The average molecular weight is 506 g/mol. The minimum absolute atomic E-state index is 0.0990. The van der Waals surface area contributed by atoms with Gasteiger partial charge in [-0.1, -0.05) is 30.3 Å². The van der Waals surface area contributed by atoms with E-state index in [9.17, 15) is 19.1 Å². The summed E-state index contributed by atoms with van der Waals surface area (Å²) in [6.45, 7) is -0.0357. The van der Waals surface area contributed by atoms with Crippen LogP contribution in [0.5, 0.6) is 5.75 Å². The van der Waals surface area contributed by atoms with Crippen LogP contribution >= 0.6 is 0 Å². The first-order valence-electron chi connectivity index (χ1n) is 12.2. The number of halogens is 1. The maximum Gasteiger partial charge on any atom is 0.323 e. The molecule has 4 N–H and O–H groups in total. The second-order valence-corrected chi connectivity index (χ2v) is 9.21. The Morgan fingerprint density at radius 3 is 2.57 bits per heavy atom. The first-order valence-corrected chi connectivity index (χ1v) is 12.2. The largest absolute Gasteiger partial charge is 0.487 e. The highest BCUT2D eigenvalue weighted by atomic mass is 19.1. The number of rotatable bonds is 7. The molecule has 5 rings (SSSR count). The smallest absolute Gasteiger partial charge is 0.323 e. The number of para-hydroxylation sites is 1. The van der Waals surface area contributed by atoms with Crippen molar-refractivity contribution < 1.29 is 28.6 Å². The predicted molar refractivity (Wildman–Crippen MR) is 136 cm³/mol. The van der Waals surface area contributed by atoms with Crippen molar-refractivity contribution in [1.29, 1.82) is 0 Å². The Bertz CT molecular complexity index is 1270. The molecule has 3 aromatic carbocycles. The molecular formula is C28H28FN3O5. The van der Waals surface area contributed by atoms with E-state index in [0.717, 1.165) is 5.56 Å². The maximum atomic E-state index is 13.4. The SMILES string of the molecule is O=C(C[C@@H]1C[C@@H]2c3cc(NC(=O)Nc4ccccc4)ccc3O[C@@H]2[C@@H](CO)O1)NCc1cccc(F)c1. The number of carbonyl (C=O) groups is 2. The Morgan fingerprint density at radius 1 is 0.973 bits per heavy atom. The molecule has 8 nitrogen and oxygen atoms in total. The van der Waals surface area contributed by atoms with Gasteiger partial charge in [-0.05, 0) is 54.4 Å². The Balaban J connectivity index is 1.23. The zero-order valence-corrected chi connectivity index (χ0v) is 20.0. The van der Waals surface area contributed by atoms with Gasteiger partial charge in [0.15, 0.2) is 0 Å². The second-order valence-electron chi connectivity index (χ2n) is 9.21. The summed E-state index contributed by atoms with van der Waals surface area (Å²) < 4.78 is 25.5. The van der Waals surface area contributed by atoms with Gasteiger partial charge in [-0.15, -0.1) is 0 Å². The molecule has 2 aliphatic heterocycles. The van der Waals surface area contributed by atoms with E-state index in [1.165, 1.54) is 12.1 Å². The number of hydrogen-bond donors (Lipinski definition) is 4. The van der Waals surface area contributed by atoms with E-state index in [4.69, 9.17) is 9.47 Å². The predicted octanol–water partition coefficient (Wildman–Crippen LogP) is 4.17. The lowest BCUT2D eigenvalue weighted by Gasteiger charge is -2.37. The standard InChI is InChI=1S/C28H28FN3O5/c29-18-6-4-5-17(11-18)15-30-26(34)14-21-13-23-22-12-20(32-28(35)31-19-7-2-1-3-8-19)9-10-24(22)37-27(23)25(16-33)36-21/h1-12,21,23,25,27,33H,13-16H2,(H,30,34)(H2,31,32,35)/t21-,23+,25+,27-/m0/s1. The van der Waals surface area contributed by atoms with E-state index >= 15 is 0 Å². The summed E-state index contributed by atoms with van der Waals surface area (Å²) in [5, 5.41) is 18.4. The molecule has 2 heterocycles. The topological polar surface area (TPSA) is 109 Å². The normalized spacial score (nSPS) is 21.8. The molecule has 3 aromatic rings. The van der Waals surface area contributed by atoms with E-state index in [2.05, 4.69) is 16.0 Å². The fourth-order valence-electron chi connectivity index (χ4n) is 4.91. The van der Waals surface area contributed by atoms with Gasteiger partial charge >= 0.3 is 6.03 Å². The van der Waals surface area contributed by atoms with Crippen LogP contribution in [0.1, 0.15) is 29.9 Å². The maximum absolute atomic E-state index is 13.4. The lowest BCUT2D eigenvalue weighted by Crippen LogP contribution is -2.47. The van der Waals surface area contributed by atoms with Crippen molar-refractivity contribution in [3.8, 4) is 5.75 Å². The van der Waals surface area contributed by atoms with E-state index in [1.807, 2.05) is 24.3 Å². The minimum Gasteiger partial charge on any atom is -0.487 e. The summed E-state index contributed by atoms with van der Waals surface area (Å²) in [6, 6.07) is 20.3. The van der Waals surface area contributed by atoms with E-state index < -0.39 is 12.2 Å². The van der Waals surface area contributed by atoms with Crippen LogP contribution < -0.4 is 20.7 Å². The number of anilines is 2. The third kappa shape index (κ3) is 5.90. The number of amides is 3. The number of ether oxygens (including phenoxy) is 2. The van der Waals surface area contributed by atoms with Crippen LogP contribution in [0.4, 0.5) is 20.6 Å². The van der Waals surface area contributed by atoms with Gasteiger partial charge in [0.1, 0.15) is 23.8 Å². The summed E-state index contributed by atoms with van der Waals surface area (Å²) >= 11 is 0. The molecule has 1 saturated heterocycles. The molecule has 0 aromatic heterocycles. The highest BCUT2D eigenvalue weighted by Crippen LogP contribution is 2.47. The van der Waals surface area contributed by atoms with Gasteiger partial charge in [0, 0.05) is 29.4 Å². The van der Waals surface area contributed by atoms with Crippen molar-refractivity contribution in [2.45, 2.75) is 43.6 Å². The number of fused-ring (bicyclic) bond motifs is 3. The number of carbonyl (C=O) groups excluding carboxylic acids is 2. The van der Waals surface area contributed by atoms with Crippen LogP contribution in [0.2, 0.25) is 0 Å². The Labute approximate surface area is 213 Å². The van der Waals surface area contributed by atoms with Gasteiger partial charge in [0.2, 0.25) is 5.91 Å². The molecule has 0 bridgehead atoms. The van der Waals surface area contributed by atoms with Crippen molar-refractivity contribution in [1.82, 2.24) is 5.32 Å². The molecule has 1 fully saturated rings. The highest BCUT2D eigenvalue weighted by molar-refractivity contribution is 5.99. The first-order chi connectivity index (χ1) is 18.0. The molecule has 0 spiro atoms. The Kier molecular flexibility index (Phi) is 7.34. The number of aliphatic hydroxyl groups excluding tert-OH is 1. The quantitative estimate of drug-likeness (QED) is 0.386. The molecule has 2 aliphatic rings. The van der Waals surface area contributed by atoms with Crippen LogP contribution in [0.3, 0.4) is 0 Å². The fraction of sp³-hybridized carbons (Fsp3) is 0.286. The van der Waals surface area contributed by atoms with Crippen molar-refractivity contribution in [2.24, 2.45) is 0 Å². The summed E-state index contributed by atoms with van der Waals surface area (Å²) in [7, 11) is 0. The lowest BCUT2D eigenvalue weighted by molar-refractivity contribution is -0.142. The van der Waals surface area contributed by atoms with Crippen molar-refractivity contribution in [3.05, 3.63) is 89.7 Å². The van der Waals surface area contributed by atoms with Crippen LogP contribution in [0.25, 0.3) is 0 Å². The van der Waals surface area contributed by atoms with E-state index in [-0.39, 0.29) is 49.3 Å². The number of urea groups is 1. The zero-order chi connectivity index (χ0) is 25.8. The van der Waals surface area contributed by atoms with Crippen molar-refractivity contribution >= 4 is 23.3 Å². The van der Waals surface area contributed by atoms with Gasteiger partial charge in [0.05, 0.1) is 19.1 Å². The van der Waals surface area contributed by atoms with Gasteiger partial charge in [-0.2, -0.15) is 0 Å². The Morgan fingerprint density at radius 2 is 1.78 bits per heavy atom. The van der Waals surface area contributed by atoms with Crippen LogP contribution in [-0.4, -0.2) is 42.0 Å². The molecule has 0 radical (unpaired) electrons. The van der Waals surface area contributed by atoms with E-state index in [1.54, 1.807) is 36.4 Å². The fourth-order valence-corrected chi connectivity index (χ4v) is 4.91. The number of aliphatic hydroxyl groups is 1. The summed E-state index contributed by atoms with van der Waals surface area (Å²) in [5.74, 6) is -0.0230. The van der Waals surface area contributed by atoms with Gasteiger partial charge in [0.25, 0.3) is 0 Å². The van der Waals surface area contributed by atoms with Crippen LogP contribution in [0, 0.1) is 5.82 Å². The average Bonchev–Trinajstić information content (AvgIpc) is 3.25. The van der Waals surface area contributed by atoms with Gasteiger partial charge in [-0.3, -0.25) is 4.79 Å². The highest BCUT2D eigenvalue weighted by Gasteiger charge is 2.46. The summed E-state index contributed by atoms with van der Waals surface area (Å²) in [4.78, 5) is 25.0. The molecular weight excluding hydrogens is 477 g/mol. The third-order valence-corrected chi connectivity index (χ3v) is 6.58. The van der Waals surface area contributed by atoms with E-state index in [0.29, 0.717) is 29.1 Å². The van der Waals surface area contributed by atoms with Crippen LogP contribution in [0.15, 0.2) is 72.8 Å². The van der Waals surface area contributed by atoms with Crippen molar-refractivity contribution in [3.63, 3.8) is 0 Å². The summed E-state index contributed by atoms with van der Waals surface area (Å²) in [5.41, 5.74) is 2.85. The third-order valence-electron chi connectivity index (χ3n) is 6.58. The molecule has 9 heteroatoms. The molecule has 192 valence electrons. The molecule has 0 unspecified atom stereocenters. The molecule has 37 heavy (non-hydrogen) atoms. The number of hydrogen-bond acceptors (Lipinski definition) is 5. The molecule has 0 aliphatic carbocycles. The second kappa shape index (κ2) is 11.0. The van der Waals surface area contributed by atoms with Gasteiger partial charge in [-0.25, -0.2) is 9.18 Å². The first kappa shape index (κ1) is 24.7. The lowest BCUT2D eigenvalue weighted by atomic mass is 9.84. The molecule has 4 atom stereocenters.